The molecule has 0 aromatic rings. The van der Waals surface area contributed by atoms with E-state index in [4.69, 9.17) is 9.47 Å². The van der Waals surface area contributed by atoms with Gasteiger partial charge < -0.3 is 14.8 Å². The number of hydrogen-bond donors (Lipinski definition) is 1. The average molecular weight is 236 g/mol. The molecular formula is C11H15BNO4. The fourth-order valence-electron chi connectivity index (χ4n) is 3.81. The predicted octanol–water partition coefficient (Wildman–Crippen LogP) is 0.874. The van der Waals surface area contributed by atoms with Crippen molar-refractivity contribution in [2.24, 2.45) is 0 Å². The number of esters is 1. The van der Waals surface area contributed by atoms with Crippen LogP contribution in [0.5, 0.6) is 0 Å². The highest BCUT2D eigenvalue weighted by molar-refractivity contribution is 6.36. The van der Waals surface area contributed by atoms with Gasteiger partial charge in [0.2, 0.25) is 5.60 Å². The number of ether oxygens (including phenoxy) is 2. The molecule has 2 heterocycles. The highest BCUT2D eigenvalue weighted by Crippen LogP contribution is 2.56. The Labute approximate surface area is 100 Å². The Morgan fingerprint density at radius 3 is 2.94 bits per heavy atom. The summed E-state index contributed by atoms with van der Waals surface area (Å²) in [7, 11) is 2.04. The summed E-state index contributed by atoms with van der Waals surface area (Å²) in [6.07, 6.45) is 1.53. The third kappa shape index (κ3) is 1.02. The molecule has 1 aliphatic carbocycles. The quantitative estimate of drug-likeness (QED) is 0.542. The van der Waals surface area contributed by atoms with Crippen molar-refractivity contribution in [2.45, 2.75) is 56.1 Å². The fourth-order valence-corrected chi connectivity index (χ4v) is 3.81. The largest absolute Gasteiger partial charge is 0.457 e. The summed E-state index contributed by atoms with van der Waals surface area (Å²) in [5.74, 6) is -0.279. The van der Waals surface area contributed by atoms with Crippen LogP contribution in [-0.2, 0) is 14.3 Å². The van der Waals surface area contributed by atoms with Crippen LogP contribution < -0.4 is 5.32 Å². The Bertz CT molecular complexity index is 401. The van der Waals surface area contributed by atoms with E-state index in [9.17, 15) is 9.59 Å². The van der Waals surface area contributed by atoms with Crippen molar-refractivity contribution in [3.63, 3.8) is 0 Å². The summed E-state index contributed by atoms with van der Waals surface area (Å²) in [5.41, 5.74) is -1.80. The zero-order chi connectivity index (χ0) is 12.3. The van der Waals surface area contributed by atoms with Gasteiger partial charge in [0, 0.05) is 6.42 Å². The molecule has 17 heavy (non-hydrogen) atoms. The molecule has 3 aliphatic rings. The van der Waals surface area contributed by atoms with Gasteiger partial charge in [0.25, 0.3) is 0 Å². The maximum absolute atomic E-state index is 12.1. The smallest absolute Gasteiger partial charge is 0.409 e. The molecular weight excluding hydrogens is 221 g/mol. The normalized spacial score (nSPS) is 47.6. The Morgan fingerprint density at radius 1 is 1.47 bits per heavy atom. The van der Waals surface area contributed by atoms with Crippen LogP contribution in [0.25, 0.3) is 0 Å². The zero-order valence-electron chi connectivity index (χ0n) is 9.99. The van der Waals surface area contributed by atoms with Gasteiger partial charge in [-0.1, -0.05) is 13.2 Å². The lowest BCUT2D eigenvalue weighted by molar-refractivity contribution is -0.155. The Balaban J connectivity index is 2.16. The van der Waals surface area contributed by atoms with Gasteiger partial charge in [-0.2, -0.15) is 0 Å². The minimum atomic E-state index is -1.10. The molecule has 1 N–H and O–H groups in total. The van der Waals surface area contributed by atoms with Crippen LogP contribution in [-0.4, -0.2) is 36.6 Å². The van der Waals surface area contributed by atoms with Crippen LogP contribution >= 0.6 is 0 Å². The van der Waals surface area contributed by atoms with Gasteiger partial charge >= 0.3 is 12.1 Å². The third-order valence-electron chi connectivity index (χ3n) is 4.53. The van der Waals surface area contributed by atoms with Crippen LogP contribution in [0.2, 0.25) is 12.6 Å². The number of rotatable bonds is 1. The summed E-state index contributed by atoms with van der Waals surface area (Å²) in [6.45, 7) is 3.78. The van der Waals surface area contributed by atoms with Gasteiger partial charge in [0.15, 0.2) is 0 Å². The van der Waals surface area contributed by atoms with Crippen molar-refractivity contribution in [2.75, 3.05) is 0 Å². The molecule has 0 aromatic carbocycles. The van der Waals surface area contributed by atoms with Crippen LogP contribution in [0, 0.1) is 0 Å². The van der Waals surface area contributed by atoms with E-state index in [1.54, 1.807) is 0 Å². The van der Waals surface area contributed by atoms with E-state index in [0.29, 0.717) is 6.42 Å². The molecule has 3 fully saturated rings. The van der Waals surface area contributed by atoms with E-state index in [-0.39, 0.29) is 11.9 Å². The second kappa shape index (κ2) is 3.18. The highest BCUT2D eigenvalue weighted by Gasteiger charge is 2.76. The van der Waals surface area contributed by atoms with Crippen molar-refractivity contribution in [3.8, 4) is 0 Å². The molecule has 6 heteroatoms. The first-order valence-electron chi connectivity index (χ1n) is 6.08. The molecule has 0 aromatic heterocycles. The first kappa shape index (κ1) is 10.9. The number of carbonyl (C=O) groups is 2. The number of alkyl carbamates (subject to hydrolysis) is 1. The molecule has 91 valence electrons. The van der Waals surface area contributed by atoms with Gasteiger partial charge in [-0.05, 0) is 19.2 Å². The molecule has 0 unspecified atom stereocenters. The van der Waals surface area contributed by atoms with Crippen LogP contribution in [0.15, 0.2) is 0 Å². The number of hydrogen-bond acceptors (Lipinski definition) is 4. The van der Waals surface area contributed by atoms with Crippen molar-refractivity contribution in [1.82, 2.24) is 5.32 Å². The van der Waals surface area contributed by atoms with Gasteiger partial charge in [-0.15, -0.1) is 0 Å². The second-order valence-corrected chi connectivity index (χ2v) is 5.09. The SMILES string of the molecule is C[B][C@H]1CCC[C@]23OC(=O)N[C@]12[C@@H](C)OC3=O. The first-order chi connectivity index (χ1) is 8.07. The maximum Gasteiger partial charge on any atom is 0.409 e. The van der Waals surface area contributed by atoms with Gasteiger partial charge in [0.1, 0.15) is 18.9 Å². The minimum absolute atomic E-state index is 0.115. The standard InChI is InChI=1S/C11H15BNO4/c1-6-11-7(12-2)4-3-5-10(11,8(14)16-6)17-9(15)13-11/h6-7H,3-5H2,1-2H3,(H,13,15)/t6-,7+,10-,11-/m1/s1. The molecule has 1 saturated carbocycles. The maximum atomic E-state index is 12.1. The van der Waals surface area contributed by atoms with Crippen molar-refractivity contribution >= 4 is 19.3 Å². The Morgan fingerprint density at radius 2 is 2.24 bits per heavy atom. The second-order valence-electron chi connectivity index (χ2n) is 5.09. The van der Waals surface area contributed by atoms with Crippen LogP contribution in [0.3, 0.4) is 0 Å². The molecule has 3 rings (SSSR count). The lowest BCUT2D eigenvalue weighted by Gasteiger charge is -2.44. The van der Waals surface area contributed by atoms with E-state index in [0.717, 1.165) is 12.8 Å². The van der Waals surface area contributed by atoms with Crippen molar-refractivity contribution in [3.05, 3.63) is 0 Å². The lowest BCUT2D eigenvalue weighted by Crippen LogP contribution is -2.65. The van der Waals surface area contributed by atoms with E-state index in [2.05, 4.69) is 5.32 Å². The summed E-state index contributed by atoms with van der Waals surface area (Å²) in [6, 6.07) is 0. The fraction of sp³-hybridized carbons (Fsp3) is 0.818. The molecule has 0 bridgehead atoms. The molecule has 2 aliphatic heterocycles. The molecule has 2 saturated heterocycles. The topological polar surface area (TPSA) is 64.6 Å². The summed E-state index contributed by atoms with van der Waals surface area (Å²) >= 11 is 0. The monoisotopic (exact) mass is 236 g/mol. The average Bonchev–Trinajstić information content (AvgIpc) is 2.71. The van der Waals surface area contributed by atoms with Gasteiger partial charge in [-0.25, -0.2) is 9.59 Å². The van der Waals surface area contributed by atoms with Crippen LogP contribution in [0.1, 0.15) is 26.2 Å². The Hall–Kier alpha value is -1.20. The van der Waals surface area contributed by atoms with Crippen molar-refractivity contribution < 1.29 is 19.1 Å². The summed E-state index contributed by atoms with van der Waals surface area (Å²) in [4.78, 5) is 23.7. The van der Waals surface area contributed by atoms with E-state index < -0.39 is 23.2 Å². The predicted molar refractivity (Wildman–Crippen MR) is 59.9 cm³/mol. The summed E-state index contributed by atoms with van der Waals surface area (Å²) in [5, 5.41) is 2.86. The highest BCUT2D eigenvalue weighted by atomic mass is 16.6. The summed E-state index contributed by atoms with van der Waals surface area (Å²) < 4.78 is 10.7. The molecule has 0 spiro atoms. The number of amides is 1. The van der Waals surface area contributed by atoms with E-state index in [1.165, 1.54) is 0 Å². The minimum Gasteiger partial charge on any atom is -0.457 e. The molecule has 1 amide bonds. The lowest BCUT2D eigenvalue weighted by atomic mass is 9.48. The first-order valence-corrected chi connectivity index (χ1v) is 6.08. The van der Waals surface area contributed by atoms with Gasteiger partial charge in [-0.3, -0.25) is 0 Å². The Kier molecular flexibility index (Phi) is 2.04. The molecule has 4 atom stereocenters. The number of cyclic esters (lactones) is 1. The molecule has 5 nitrogen and oxygen atoms in total. The van der Waals surface area contributed by atoms with Gasteiger partial charge in [0.05, 0.1) is 0 Å². The van der Waals surface area contributed by atoms with Crippen LogP contribution in [0.4, 0.5) is 4.79 Å². The number of nitrogens with one attached hydrogen (secondary N) is 1. The third-order valence-corrected chi connectivity index (χ3v) is 4.53. The molecule has 1 radical (unpaired) electrons. The van der Waals surface area contributed by atoms with Crippen molar-refractivity contribution in [1.29, 1.82) is 0 Å². The van der Waals surface area contributed by atoms with E-state index >= 15 is 0 Å². The van der Waals surface area contributed by atoms with E-state index in [1.807, 2.05) is 21.0 Å². The zero-order valence-corrected chi connectivity index (χ0v) is 9.99. The number of carbonyl (C=O) groups excluding carboxylic acids is 2.